The SMILES string of the molecule is CCOc1cc(F)ccc1NCC1CC(C)=CC(C)C1. The normalized spacial score (nSPS) is 22.3. The summed E-state index contributed by atoms with van der Waals surface area (Å²) in [6.45, 7) is 7.82. The minimum atomic E-state index is -0.260. The van der Waals surface area contributed by atoms with Crippen LogP contribution in [-0.2, 0) is 0 Å². The molecule has 0 saturated heterocycles. The Hall–Kier alpha value is -1.51. The molecule has 1 aromatic carbocycles. The van der Waals surface area contributed by atoms with Gasteiger partial charge in [-0.1, -0.05) is 18.6 Å². The highest BCUT2D eigenvalue weighted by Gasteiger charge is 2.18. The topological polar surface area (TPSA) is 21.3 Å². The zero-order valence-corrected chi connectivity index (χ0v) is 12.6. The molecule has 20 heavy (non-hydrogen) atoms. The van der Waals surface area contributed by atoms with E-state index < -0.39 is 0 Å². The maximum atomic E-state index is 13.3. The molecule has 2 atom stereocenters. The first-order valence-electron chi connectivity index (χ1n) is 7.42. The average molecular weight is 277 g/mol. The second-order valence-electron chi connectivity index (χ2n) is 5.75. The van der Waals surface area contributed by atoms with Gasteiger partial charge in [-0.2, -0.15) is 0 Å². The molecular weight excluding hydrogens is 253 g/mol. The number of ether oxygens (including phenoxy) is 1. The molecular formula is C17H24FNO. The van der Waals surface area contributed by atoms with Crippen LogP contribution in [0.15, 0.2) is 29.8 Å². The molecule has 0 fully saturated rings. The lowest BCUT2D eigenvalue weighted by Gasteiger charge is -2.26. The molecule has 0 heterocycles. The molecule has 0 aromatic heterocycles. The van der Waals surface area contributed by atoms with Gasteiger partial charge in [-0.15, -0.1) is 0 Å². The van der Waals surface area contributed by atoms with E-state index in [1.165, 1.54) is 24.1 Å². The highest BCUT2D eigenvalue weighted by Crippen LogP contribution is 2.30. The monoisotopic (exact) mass is 277 g/mol. The van der Waals surface area contributed by atoms with Crippen LogP contribution < -0.4 is 10.1 Å². The van der Waals surface area contributed by atoms with Gasteiger partial charge in [0.2, 0.25) is 0 Å². The molecule has 3 heteroatoms. The maximum absolute atomic E-state index is 13.3. The fourth-order valence-electron chi connectivity index (χ4n) is 3.01. The molecule has 1 aromatic rings. The Balaban J connectivity index is 1.98. The van der Waals surface area contributed by atoms with Crippen molar-refractivity contribution in [2.24, 2.45) is 11.8 Å². The first kappa shape index (κ1) is 14.9. The third kappa shape index (κ3) is 3.99. The second kappa shape index (κ2) is 6.78. The zero-order valence-electron chi connectivity index (χ0n) is 12.6. The highest BCUT2D eigenvalue weighted by molar-refractivity contribution is 5.56. The molecule has 0 radical (unpaired) electrons. The Labute approximate surface area is 121 Å². The van der Waals surface area contributed by atoms with Crippen molar-refractivity contribution in [3.8, 4) is 5.75 Å². The van der Waals surface area contributed by atoms with Crippen LogP contribution in [0.3, 0.4) is 0 Å². The fraction of sp³-hybridized carbons (Fsp3) is 0.529. The van der Waals surface area contributed by atoms with Crippen molar-refractivity contribution < 1.29 is 9.13 Å². The molecule has 0 bridgehead atoms. The Morgan fingerprint density at radius 3 is 2.90 bits per heavy atom. The van der Waals surface area contributed by atoms with Crippen molar-refractivity contribution in [2.75, 3.05) is 18.5 Å². The summed E-state index contributed by atoms with van der Waals surface area (Å²) in [5, 5.41) is 3.42. The number of anilines is 1. The summed E-state index contributed by atoms with van der Waals surface area (Å²) in [5.74, 6) is 1.62. The van der Waals surface area contributed by atoms with E-state index in [2.05, 4.69) is 25.2 Å². The third-order valence-corrected chi connectivity index (χ3v) is 3.71. The van der Waals surface area contributed by atoms with Crippen molar-refractivity contribution in [2.45, 2.75) is 33.6 Å². The summed E-state index contributed by atoms with van der Waals surface area (Å²) < 4.78 is 18.7. The van der Waals surface area contributed by atoms with E-state index in [9.17, 15) is 4.39 Å². The van der Waals surface area contributed by atoms with Gasteiger partial charge < -0.3 is 10.1 Å². The van der Waals surface area contributed by atoms with Gasteiger partial charge in [-0.05, 0) is 50.7 Å². The van der Waals surface area contributed by atoms with Crippen molar-refractivity contribution in [3.05, 3.63) is 35.7 Å². The number of benzene rings is 1. The number of halogens is 1. The number of allylic oxidation sites excluding steroid dienone is 2. The van der Waals surface area contributed by atoms with E-state index in [-0.39, 0.29) is 5.82 Å². The lowest BCUT2D eigenvalue weighted by atomic mass is 9.84. The molecule has 110 valence electrons. The Bertz CT molecular complexity index is 484. The van der Waals surface area contributed by atoms with Crippen LogP contribution >= 0.6 is 0 Å². The minimum absolute atomic E-state index is 0.260. The Morgan fingerprint density at radius 2 is 2.20 bits per heavy atom. The number of hydrogen-bond acceptors (Lipinski definition) is 2. The Morgan fingerprint density at radius 1 is 1.40 bits per heavy atom. The van der Waals surface area contributed by atoms with Gasteiger partial charge in [0.1, 0.15) is 11.6 Å². The first-order valence-corrected chi connectivity index (χ1v) is 7.42. The van der Waals surface area contributed by atoms with E-state index in [1.807, 2.05) is 6.92 Å². The van der Waals surface area contributed by atoms with Crippen LogP contribution in [-0.4, -0.2) is 13.2 Å². The minimum Gasteiger partial charge on any atom is -0.492 e. The quantitative estimate of drug-likeness (QED) is 0.792. The van der Waals surface area contributed by atoms with Crippen LogP contribution in [0.25, 0.3) is 0 Å². The van der Waals surface area contributed by atoms with E-state index in [0.29, 0.717) is 24.2 Å². The van der Waals surface area contributed by atoms with Crippen LogP contribution in [0.2, 0.25) is 0 Å². The highest BCUT2D eigenvalue weighted by atomic mass is 19.1. The molecule has 2 unspecified atom stereocenters. The van der Waals surface area contributed by atoms with Gasteiger partial charge in [0.25, 0.3) is 0 Å². The molecule has 0 saturated carbocycles. The Kier molecular flexibility index (Phi) is 5.05. The van der Waals surface area contributed by atoms with Gasteiger partial charge in [-0.3, -0.25) is 0 Å². The molecule has 1 N–H and O–H groups in total. The van der Waals surface area contributed by atoms with Gasteiger partial charge in [-0.25, -0.2) is 4.39 Å². The number of rotatable bonds is 5. The maximum Gasteiger partial charge on any atom is 0.145 e. The van der Waals surface area contributed by atoms with Crippen LogP contribution in [0.4, 0.5) is 10.1 Å². The summed E-state index contributed by atoms with van der Waals surface area (Å²) in [4.78, 5) is 0. The van der Waals surface area contributed by atoms with Gasteiger partial charge in [0.05, 0.1) is 12.3 Å². The standard InChI is InChI=1S/C17H24FNO/c1-4-20-17-10-15(18)5-6-16(17)19-11-14-8-12(2)7-13(3)9-14/h5-7,10,12,14,19H,4,8-9,11H2,1-3H3. The lowest BCUT2D eigenvalue weighted by Crippen LogP contribution is -2.20. The van der Waals surface area contributed by atoms with Crippen molar-refractivity contribution >= 4 is 5.69 Å². The predicted molar refractivity (Wildman–Crippen MR) is 81.7 cm³/mol. The summed E-state index contributed by atoms with van der Waals surface area (Å²) >= 11 is 0. The largest absolute Gasteiger partial charge is 0.492 e. The predicted octanol–water partition coefficient (Wildman–Crippen LogP) is 4.63. The molecule has 2 nitrogen and oxygen atoms in total. The van der Waals surface area contributed by atoms with Crippen LogP contribution in [0.1, 0.15) is 33.6 Å². The fourth-order valence-corrected chi connectivity index (χ4v) is 3.01. The smallest absolute Gasteiger partial charge is 0.145 e. The van der Waals surface area contributed by atoms with Gasteiger partial charge >= 0.3 is 0 Å². The third-order valence-electron chi connectivity index (χ3n) is 3.71. The average Bonchev–Trinajstić information content (AvgIpc) is 2.37. The van der Waals surface area contributed by atoms with Gasteiger partial charge in [0, 0.05) is 12.6 Å². The lowest BCUT2D eigenvalue weighted by molar-refractivity contribution is 0.339. The van der Waals surface area contributed by atoms with Crippen LogP contribution in [0, 0.1) is 17.7 Å². The van der Waals surface area contributed by atoms with Crippen molar-refractivity contribution in [1.29, 1.82) is 0 Å². The van der Waals surface area contributed by atoms with E-state index >= 15 is 0 Å². The summed E-state index contributed by atoms with van der Waals surface area (Å²) in [5.41, 5.74) is 2.35. The molecule has 1 aliphatic rings. The number of nitrogens with one attached hydrogen (secondary N) is 1. The van der Waals surface area contributed by atoms with Crippen LogP contribution in [0.5, 0.6) is 5.75 Å². The summed E-state index contributed by atoms with van der Waals surface area (Å²) in [6.07, 6.45) is 4.71. The summed E-state index contributed by atoms with van der Waals surface area (Å²) in [7, 11) is 0. The molecule has 0 spiro atoms. The molecule has 0 amide bonds. The van der Waals surface area contributed by atoms with E-state index in [1.54, 1.807) is 6.07 Å². The van der Waals surface area contributed by atoms with E-state index in [4.69, 9.17) is 4.74 Å². The van der Waals surface area contributed by atoms with Crippen molar-refractivity contribution in [1.82, 2.24) is 0 Å². The van der Waals surface area contributed by atoms with Gasteiger partial charge in [0.15, 0.2) is 0 Å². The first-order chi connectivity index (χ1) is 9.58. The molecule has 2 rings (SSSR count). The van der Waals surface area contributed by atoms with E-state index in [0.717, 1.165) is 18.7 Å². The molecule has 1 aliphatic carbocycles. The number of hydrogen-bond donors (Lipinski definition) is 1. The summed E-state index contributed by atoms with van der Waals surface area (Å²) in [6, 6.07) is 4.68. The zero-order chi connectivity index (χ0) is 14.5. The molecule has 0 aliphatic heterocycles. The second-order valence-corrected chi connectivity index (χ2v) is 5.75. The van der Waals surface area contributed by atoms with Crippen molar-refractivity contribution in [3.63, 3.8) is 0 Å².